The van der Waals surface area contributed by atoms with E-state index in [2.05, 4.69) is 40.6 Å². The van der Waals surface area contributed by atoms with Gasteiger partial charge in [0.15, 0.2) is 0 Å². The Morgan fingerprint density at radius 3 is 3.15 bits per heavy atom. The Balaban J connectivity index is 2.52. The van der Waals surface area contributed by atoms with Crippen molar-refractivity contribution in [2.75, 3.05) is 0 Å². The third kappa shape index (κ3) is 3.93. The maximum absolute atomic E-state index is 11.0. The average Bonchev–Trinajstić information content (AvgIpc) is 2.30. The Hall–Kier alpha value is -0.320. The number of carbonyl (C=O) groups is 1. The molecule has 2 nitrogen and oxygen atoms in total. The highest BCUT2D eigenvalue weighted by Gasteiger charge is 2.11. The molecule has 0 aliphatic heterocycles. The highest BCUT2D eigenvalue weighted by molar-refractivity contribution is 14.1. The summed E-state index contributed by atoms with van der Waals surface area (Å²) in [5, 5.41) is 2.90. The molecule has 0 aromatic heterocycles. The van der Waals surface area contributed by atoms with E-state index in [0.717, 1.165) is 12.8 Å². The normalized spacial score (nSPS) is 22.8. The number of hydrogen-bond acceptors (Lipinski definition) is 1. The number of nitrogens with one attached hydrogen (secondary N) is 1. The fourth-order valence-corrected chi connectivity index (χ4v) is 2.21. The molecule has 0 radical (unpaired) electrons. The Morgan fingerprint density at radius 2 is 2.46 bits per heavy atom. The lowest BCUT2D eigenvalue weighted by Gasteiger charge is -2.11. The summed E-state index contributed by atoms with van der Waals surface area (Å²) in [5.41, 5.74) is 0. The number of hydrogen-bond donors (Lipinski definition) is 1. The predicted molar refractivity (Wildman–Crippen MR) is 62.7 cm³/mol. The van der Waals surface area contributed by atoms with Gasteiger partial charge in [-0.25, -0.2) is 0 Å². The number of rotatable bonds is 2. The van der Waals surface area contributed by atoms with Crippen molar-refractivity contribution in [1.82, 2.24) is 5.32 Å². The molecular weight excluding hydrogens is 277 g/mol. The second kappa shape index (κ2) is 5.42. The fourth-order valence-electron chi connectivity index (χ4n) is 1.40. The van der Waals surface area contributed by atoms with Gasteiger partial charge in [-0.2, -0.15) is 0 Å². The van der Waals surface area contributed by atoms with Crippen molar-refractivity contribution in [2.24, 2.45) is 0 Å². The SMILES string of the molecule is C=CC(=O)NC1C=C(I)CCCC1. The van der Waals surface area contributed by atoms with E-state index in [1.807, 2.05) is 0 Å². The van der Waals surface area contributed by atoms with Gasteiger partial charge in [-0.05, 0) is 51.5 Å². The van der Waals surface area contributed by atoms with E-state index in [0.29, 0.717) is 0 Å². The van der Waals surface area contributed by atoms with Crippen LogP contribution in [0.1, 0.15) is 25.7 Å². The monoisotopic (exact) mass is 291 g/mol. The van der Waals surface area contributed by atoms with Crippen LogP contribution < -0.4 is 5.32 Å². The molecular formula is C10H14INO. The zero-order valence-corrected chi connectivity index (χ0v) is 9.71. The third-order valence-electron chi connectivity index (χ3n) is 2.08. The lowest BCUT2D eigenvalue weighted by molar-refractivity contribution is -0.116. The summed E-state index contributed by atoms with van der Waals surface area (Å²) in [7, 11) is 0. The van der Waals surface area contributed by atoms with E-state index in [1.54, 1.807) is 0 Å². The molecule has 1 N–H and O–H groups in total. The molecule has 13 heavy (non-hydrogen) atoms. The maximum atomic E-state index is 11.0. The molecule has 0 saturated heterocycles. The van der Waals surface area contributed by atoms with Crippen LogP contribution in [0, 0.1) is 0 Å². The highest BCUT2D eigenvalue weighted by atomic mass is 127. The minimum absolute atomic E-state index is 0.0765. The van der Waals surface area contributed by atoms with E-state index >= 15 is 0 Å². The van der Waals surface area contributed by atoms with Crippen LogP contribution in [0.25, 0.3) is 0 Å². The van der Waals surface area contributed by atoms with Gasteiger partial charge in [0.25, 0.3) is 0 Å². The second-order valence-corrected chi connectivity index (χ2v) is 4.56. The summed E-state index contributed by atoms with van der Waals surface area (Å²) in [6.45, 7) is 3.43. The maximum Gasteiger partial charge on any atom is 0.243 e. The molecule has 1 rings (SSSR count). The van der Waals surface area contributed by atoms with Gasteiger partial charge in [-0.3, -0.25) is 4.79 Å². The van der Waals surface area contributed by atoms with Crippen molar-refractivity contribution in [1.29, 1.82) is 0 Å². The standard InChI is InChI=1S/C10H14INO/c1-2-10(13)12-9-6-4-3-5-8(11)7-9/h2,7,9H,1,3-6H2,(H,12,13). The number of amides is 1. The first-order chi connectivity index (χ1) is 6.22. The predicted octanol–water partition coefficient (Wildman–Crippen LogP) is 2.55. The Morgan fingerprint density at radius 1 is 1.69 bits per heavy atom. The van der Waals surface area contributed by atoms with Crippen molar-refractivity contribution in [3.8, 4) is 0 Å². The molecule has 0 spiro atoms. The lowest BCUT2D eigenvalue weighted by Crippen LogP contribution is -2.31. The first-order valence-corrected chi connectivity index (χ1v) is 5.59. The largest absolute Gasteiger partial charge is 0.346 e. The Kier molecular flexibility index (Phi) is 4.48. The van der Waals surface area contributed by atoms with Crippen molar-refractivity contribution in [3.05, 3.63) is 22.3 Å². The van der Waals surface area contributed by atoms with Gasteiger partial charge in [0.2, 0.25) is 5.91 Å². The van der Waals surface area contributed by atoms with E-state index in [4.69, 9.17) is 0 Å². The molecule has 0 heterocycles. The van der Waals surface area contributed by atoms with E-state index in [-0.39, 0.29) is 11.9 Å². The number of halogens is 1. The van der Waals surface area contributed by atoms with E-state index < -0.39 is 0 Å². The van der Waals surface area contributed by atoms with Crippen LogP contribution in [-0.2, 0) is 4.79 Å². The fraction of sp³-hybridized carbons (Fsp3) is 0.500. The molecule has 0 bridgehead atoms. The Bertz CT molecular complexity index is 235. The molecule has 0 fully saturated rings. The van der Waals surface area contributed by atoms with Gasteiger partial charge in [-0.1, -0.05) is 19.1 Å². The van der Waals surface area contributed by atoms with Crippen molar-refractivity contribution >= 4 is 28.5 Å². The smallest absolute Gasteiger partial charge is 0.243 e. The molecule has 1 amide bonds. The van der Waals surface area contributed by atoms with Crippen LogP contribution in [0.3, 0.4) is 0 Å². The average molecular weight is 291 g/mol. The zero-order valence-electron chi connectivity index (χ0n) is 7.55. The zero-order chi connectivity index (χ0) is 9.68. The molecule has 1 unspecified atom stereocenters. The van der Waals surface area contributed by atoms with Crippen molar-refractivity contribution < 1.29 is 4.79 Å². The van der Waals surface area contributed by atoms with Gasteiger partial charge < -0.3 is 5.32 Å². The van der Waals surface area contributed by atoms with Gasteiger partial charge >= 0.3 is 0 Å². The first-order valence-electron chi connectivity index (χ1n) is 4.51. The van der Waals surface area contributed by atoms with Crippen LogP contribution in [0.4, 0.5) is 0 Å². The topological polar surface area (TPSA) is 29.1 Å². The summed E-state index contributed by atoms with van der Waals surface area (Å²) in [6.07, 6.45) is 8.09. The summed E-state index contributed by atoms with van der Waals surface area (Å²) in [6, 6.07) is 0.208. The van der Waals surface area contributed by atoms with Gasteiger partial charge in [0, 0.05) is 6.04 Å². The number of carbonyl (C=O) groups excluding carboxylic acids is 1. The molecule has 72 valence electrons. The van der Waals surface area contributed by atoms with Crippen LogP contribution in [0.15, 0.2) is 22.3 Å². The summed E-state index contributed by atoms with van der Waals surface area (Å²) >= 11 is 2.34. The van der Waals surface area contributed by atoms with Crippen LogP contribution in [0.2, 0.25) is 0 Å². The molecule has 1 atom stereocenters. The Labute approximate surface area is 92.6 Å². The van der Waals surface area contributed by atoms with Crippen LogP contribution in [0.5, 0.6) is 0 Å². The highest BCUT2D eigenvalue weighted by Crippen LogP contribution is 2.22. The molecule has 0 saturated carbocycles. The quantitative estimate of drug-likeness (QED) is 0.615. The summed E-state index contributed by atoms with van der Waals surface area (Å²) in [5.74, 6) is -0.0765. The van der Waals surface area contributed by atoms with Gasteiger partial charge in [-0.15, -0.1) is 0 Å². The molecule has 0 aromatic carbocycles. The molecule has 3 heteroatoms. The number of allylic oxidation sites excluding steroid dienone is 1. The molecule has 0 aromatic rings. The lowest BCUT2D eigenvalue weighted by atomic mass is 10.1. The summed E-state index contributed by atoms with van der Waals surface area (Å²) in [4.78, 5) is 11.0. The summed E-state index contributed by atoms with van der Waals surface area (Å²) < 4.78 is 1.35. The minimum Gasteiger partial charge on any atom is -0.346 e. The van der Waals surface area contributed by atoms with Crippen LogP contribution in [-0.4, -0.2) is 11.9 Å². The third-order valence-corrected chi connectivity index (χ3v) is 2.97. The molecule has 1 aliphatic carbocycles. The second-order valence-electron chi connectivity index (χ2n) is 3.18. The van der Waals surface area contributed by atoms with Gasteiger partial charge in [0.05, 0.1) is 0 Å². The van der Waals surface area contributed by atoms with Crippen molar-refractivity contribution in [2.45, 2.75) is 31.7 Å². The van der Waals surface area contributed by atoms with E-state index in [1.165, 1.54) is 22.5 Å². The molecule has 1 aliphatic rings. The van der Waals surface area contributed by atoms with Crippen LogP contribution >= 0.6 is 22.6 Å². The van der Waals surface area contributed by atoms with Crippen molar-refractivity contribution in [3.63, 3.8) is 0 Å². The minimum atomic E-state index is -0.0765. The van der Waals surface area contributed by atoms with Gasteiger partial charge in [0.1, 0.15) is 0 Å². The first kappa shape index (κ1) is 10.8. The van der Waals surface area contributed by atoms with E-state index in [9.17, 15) is 4.79 Å².